The third-order valence-corrected chi connectivity index (χ3v) is 3.05. The molecule has 1 rings (SSSR count). The number of alkyl halides is 9. The lowest BCUT2D eigenvalue weighted by Crippen LogP contribution is -2.26. The van der Waals surface area contributed by atoms with Gasteiger partial charge in [0.15, 0.2) is 11.5 Å². The quantitative estimate of drug-likeness (QED) is 0.641. The van der Waals surface area contributed by atoms with Crippen LogP contribution in [-0.4, -0.2) is 26.1 Å². The minimum atomic E-state index is -5.60. The standard InChI is InChI=1S/C14H14F9NO3/c1-6(2)10(24-3)7-4-8(25-12(15,16)17)11(27-14(21,22)23)9(5-7)26-13(18,19)20/h4-6,10,24H,1-3H3. The number of halogens is 9. The van der Waals surface area contributed by atoms with E-state index in [-0.39, 0.29) is 11.5 Å². The van der Waals surface area contributed by atoms with E-state index in [0.29, 0.717) is 12.1 Å². The van der Waals surface area contributed by atoms with Gasteiger partial charge in [-0.15, -0.1) is 39.5 Å². The number of benzene rings is 1. The molecule has 1 aromatic carbocycles. The first-order valence-corrected chi connectivity index (χ1v) is 7.15. The van der Waals surface area contributed by atoms with Crippen molar-refractivity contribution in [3.05, 3.63) is 17.7 Å². The zero-order valence-corrected chi connectivity index (χ0v) is 13.9. The smallest absolute Gasteiger partial charge is 0.402 e. The fourth-order valence-corrected chi connectivity index (χ4v) is 2.28. The van der Waals surface area contributed by atoms with Gasteiger partial charge in [0.2, 0.25) is 5.75 Å². The molecule has 0 aliphatic heterocycles. The molecule has 0 amide bonds. The molecule has 0 aromatic heterocycles. The molecule has 1 aromatic rings. The summed E-state index contributed by atoms with van der Waals surface area (Å²) in [6.07, 6.45) is -16.6. The van der Waals surface area contributed by atoms with Crippen molar-refractivity contribution in [1.82, 2.24) is 5.32 Å². The molecule has 0 heterocycles. The SMILES string of the molecule is CNC(c1cc(OC(F)(F)F)c(OC(F)(F)F)c(OC(F)(F)F)c1)C(C)C. The van der Waals surface area contributed by atoms with Crippen molar-refractivity contribution >= 4 is 0 Å². The Hall–Kier alpha value is -2.05. The van der Waals surface area contributed by atoms with E-state index in [2.05, 4.69) is 19.5 Å². The van der Waals surface area contributed by atoms with Gasteiger partial charge in [-0.1, -0.05) is 13.8 Å². The van der Waals surface area contributed by atoms with Gasteiger partial charge in [0.25, 0.3) is 0 Å². The highest BCUT2D eigenvalue weighted by atomic mass is 19.4. The third-order valence-electron chi connectivity index (χ3n) is 3.05. The van der Waals surface area contributed by atoms with Crippen molar-refractivity contribution in [2.24, 2.45) is 5.92 Å². The maximum absolute atomic E-state index is 12.6. The van der Waals surface area contributed by atoms with Crippen molar-refractivity contribution in [1.29, 1.82) is 0 Å². The summed E-state index contributed by atoms with van der Waals surface area (Å²) in [4.78, 5) is 0. The van der Waals surface area contributed by atoms with Gasteiger partial charge in [-0.05, 0) is 30.7 Å². The molecule has 0 aliphatic carbocycles. The zero-order valence-electron chi connectivity index (χ0n) is 13.9. The van der Waals surface area contributed by atoms with E-state index in [9.17, 15) is 39.5 Å². The second-order valence-corrected chi connectivity index (χ2v) is 5.50. The van der Waals surface area contributed by atoms with E-state index in [0.717, 1.165) is 0 Å². The Morgan fingerprint density at radius 1 is 0.741 bits per heavy atom. The first-order chi connectivity index (χ1) is 12.0. The molecule has 1 unspecified atom stereocenters. The molecule has 27 heavy (non-hydrogen) atoms. The van der Waals surface area contributed by atoms with Crippen LogP contribution in [-0.2, 0) is 0 Å². The second kappa shape index (κ2) is 7.90. The minimum absolute atomic E-state index is 0.236. The van der Waals surface area contributed by atoms with E-state index in [1.807, 2.05) is 0 Å². The molecular weight excluding hydrogens is 401 g/mol. The van der Waals surface area contributed by atoms with Gasteiger partial charge in [-0.25, -0.2) is 0 Å². The van der Waals surface area contributed by atoms with E-state index in [1.54, 1.807) is 13.8 Å². The van der Waals surface area contributed by atoms with Crippen LogP contribution >= 0.6 is 0 Å². The van der Waals surface area contributed by atoms with Crippen molar-refractivity contribution < 1.29 is 53.7 Å². The summed E-state index contributed by atoms with van der Waals surface area (Å²) in [5.41, 5.74) is -0.236. The molecule has 4 nitrogen and oxygen atoms in total. The van der Waals surface area contributed by atoms with Crippen LogP contribution in [0.4, 0.5) is 39.5 Å². The van der Waals surface area contributed by atoms with E-state index in [4.69, 9.17) is 0 Å². The number of hydrogen-bond donors (Lipinski definition) is 1. The average Bonchev–Trinajstić information content (AvgIpc) is 2.38. The number of ether oxygens (including phenoxy) is 3. The summed E-state index contributed by atoms with van der Waals surface area (Å²) in [5, 5.41) is 2.63. The van der Waals surface area contributed by atoms with Crippen LogP contribution in [0.15, 0.2) is 12.1 Å². The van der Waals surface area contributed by atoms with Crippen molar-refractivity contribution in [2.45, 2.75) is 39.0 Å². The Kier molecular flexibility index (Phi) is 6.73. The Morgan fingerprint density at radius 2 is 1.11 bits per heavy atom. The highest BCUT2D eigenvalue weighted by Gasteiger charge is 2.41. The molecule has 0 fully saturated rings. The van der Waals surface area contributed by atoms with Crippen molar-refractivity contribution in [3.63, 3.8) is 0 Å². The molecule has 13 heteroatoms. The van der Waals surface area contributed by atoms with Crippen LogP contribution in [0.5, 0.6) is 17.2 Å². The Bertz CT molecular complexity index is 601. The fourth-order valence-electron chi connectivity index (χ4n) is 2.28. The first-order valence-electron chi connectivity index (χ1n) is 7.15. The van der Waals surface area contributed by atoms with E-state index in [1.165, 1.54) is 7.05 Å². The molecule has 0 aliphatic rings. The Morgan fingerprint density at radius 3 is 1.37 bits per heavy atom. The fraction of sp³-hybridized carbons (Fsp3) is 0.571. The lowest BCUT2D eigenvalue weighted by molar-refractivity contribution is -0.293. The highest BCUT2D eigenvalue weighted by molar-refractivity contribution is 5.55. The normalized spacial score (nSPS) is 14.3. The lowest BCUT2D eigenvalue weighted by atomic mass is 9.95. The largest absolute Gasteiger partial charge is 0.573 e. The third kappa shape index (κ3) is 7.61. The molecule has 156 valence electrons. The number of rotatable bonds is 6. The predicted octanol–water partition coefficient (Wildman–Crippen LogP) is 5.30. The molecular formula is C14H14F9NO3. The minimum Gasteiger partial charge on any atom is -0.402 e. The van der Waals surface area contributed by atoms with Gasteiger partial charge in [-0.2, -0.15) is 0 Å². The van der Waals surface area contributed by atoms with E-state index >= 15 is 0 Å². The second-order valence-electron chi connectivity index (χ2n) is 5.50. The molecule has 0 bridgehead atoms. The van der Waals surface area contributed by atoms with Gasteiger partial charge < -0.3 is 19.5 Å². The molecule has 0 spiro atoms. The first kappa shape index (κ1) is 23.0. The number of hydrogen-bond acceptors (Lipinski definition) is 4. The summed E-state index contributed by atoms with van der Waals surface area (Å²) in [6.45, 7) is 3.16. The van der Waals surface area contributed by atoms with Crippen LogP contribution in [0.1, 0.15) is 25.5 Å². The highest BCUT2D eigenvalue weighted by Crippen LogP contribution is 2.46. The maximum atomic E-state index is 12.6. The monoisotopic (exact) mass is 415 g/mol. The summed E-state index contributed by atoms with van der Waals surface area (Å²) in [5.74, 6) is -5.52. The van der Waals surface area contributed by atoms with Gasteiger partial charge in [0.05, 0.1) is 0 Å². The molecule has 1 N–H and O–H groups in total. The summed E-state index contributed by atoms with van der Waals surface area (Å²) >= 11 is 0. The van der Waals surface area contributed by atoms with Crippen molar-refractivity contribution in [3.8, 4) is 17.2 Å². The summed E-state index contributed by atoms with van der Waals surface area (Å²) < 4.78 is 123. The van der Waals surface area contributed by atoms with Crippen LogP contribution in [0, 0.1) is 5.92 Å². The Balaban J connectivity index is 3.67. The van der Waals surface area contributed by atoms with Crippen molar-refractivity contribution in [2.75, 3.05) is 7.05 Å². The average molecular weight is 415 g/mol. The van der Waals surface area contributed by atoms with Crippen LogP contribution in [0.2, 0.25) is 0 Å². The lowest BCUT2D eigenvalue weighted by Gasteiger charge is -2.25. The van der Waals surface area contributed by atoms with E-state index < -0.39 is 42.4 Å². The van der Waals surface area contributed by atoms with Crippen LogP contribution < -0.4 is 19.5 Å². The zero-order chi connectivity index (χ0) is 21.2. The van der Waals surface area contributed by atoms with Gasteiger partial charge in [0, 0.05) is 6.04 Å². The molecule has 0 saturated heterocycles. The number of nitrogens with one attached hydrogen (secondary N) is 1. The summed E-state index contributed by atoms with van der Waals surface area (Å²) in [7, 11) is 1.36. The molecule has 1 atom stereocenters. The van der Waals surface area contributed by atoms with Gasteiger partial charge >= 0.3 is 19.1 Å². The molecule has 0 saturated carbocycles. The summed E-state index contributed by atoms with van der Waals surface area (Å²) in [6, 6.07) is 0.175. The maximum Gasteiger partial charge on any atom is 0.573 e. The topological polar surface area (TPSA) is 39.7 Å². The van der Waals surface area contributed by atoms with Gasteiger partial charge in [-0.3, -0.25) is 0 Å². The van der Waals surface area contributed by atoms with Gasteiger partial charge in [0.1, 0.15) is 0 Å². The molecule has 0 radical (unpaired) electrons. The van der Waals surface area contributed by atoms with Crippen LogP contribution in [0.3, 0.4) is 0 Å². The predicted molar refractivity (Wildman–Crippen MR) is 73.1 cm³/mol. The van der Waals surface area contributed by atoms with Crippen LogP contribution in [0.25, 0.3) is 0 Å². The Labute approximate surface area is 147 Å².